The average molecular weight is 474 g/mol. The van der Waals surface area contributed by atoms with E-state index in [-0.39, 0.29) is 60.2 Å². The predicted octanol–water partition coefficient (Wildman–Crippen LogP) is 2.08. The summed E-state index contributed by atoms with van der Waals surface area (Å²) in [5.74, 6) is -0.582. The van der Waals surface area contributed by atoms with E-state index in [1.807, 2.05) is 6.92 Å². The number of carbonyl (C=O) groups is 2. The summed E-state index contributed by atoms with van der Waals surface area (Å²) in [4.78, 5) is 29.7. The molecule has 0 N–H and O–H groups in total. The summed E-state index contributed by atoms with van der Waals surface area (Å²) >= 11 is 0. The van der Waals surface area contributed by atoms with Crippen molar-refractivity contribution in [3.63, 3.8) is 0 Å². The van der Waals surface area contributed by atoms with E-state index >= 15 is 0 Å². The molecule has 0 aromatic heterocycles. The SMILES string of the molecule is CO[C@H]1CN(C)C(=O)c2cccc(C#N)c2OC[C@H]2O[C@H](CC[C@H]2OC)CCN(C)C(=O)[C@@H]1C. The first kappa shape index (κ1) is 25.9. The van der Waals surface area contributed by atoms with Crippen LogP contribution in [-0.4, -0.2) is 94.0 Å². The van der Waals surface area contributed by atoms with Gasteiger partial charge < -0.3 is 28.7 Å². The number of hydrogen-bond acceptors (Lipinski definition) is 7. The topological polar surface area (TPSA) is 101 Å². The zero-order valence-corrected chi connectivity index (χ0v) is 20.7. The molecule has 2 heterocycles. The van der Waals surface area contributed by atoms with Gasteiger partial charge >= 0.3 is 0 Å². The van der Waals surface area contributed by atoms with Gasteiger partial charge in [0.05, 0.1) is 35.4 Å². The van der Waals surface area contributed by atoms with Gasteiger partial charge in [0.15, 0.2) is 0 Å². The summed E-state index contributed by atoms with van der Waals surface area (Å²) in [5.41, 5.74) is 0.552. The molecule has 2 bridgehead atoms. The Morgan fingerprint density at radius 1 is 1.06 bits per heavy atom. The Labute approximate surface area is 201 Å². The molecule has 0 aliphatic carbocycles. The molecule has 1 fully saturated rings. The number of carbonyl (C=O) groups excluding carboxylic acids is 2. The van der Waals surface area contributed by atoms with Crippen LogP contribution in [0.5, 0.6) is 5.75 Å². The lowest BCUT2D eigenvalue weighted by Gasteiger charge is -2.37. The van der Waals surface area contributed by atoms with Crippen molar-refractivity contribution in [3.05, 3.63) is 29.3 Å². The second-order valence-electron chi connectivity index (χ2n) is 9.05. The number of fused-ring (bicyclic) bond motifs is 3. The van der Waals surface area contributed by atoms with Gasteiger partial charge in [0.25, 0.3) is 5.91 Å². The molecule has 34 heavy (non-hydrogen) atoms. The van der Waals surface area contributed by atoms with E-state index < -0.39 is 12.0 Å². The maximum absolute atomic E-state index is 13.4. The van der Waals surface area contributed by atoms with Crippen molar-refractivity contribution in [2.45, 2.75) is 50.6 Å². The minimum atomic E-state index is -0.488. The largest absolute Gasteiger partial charge is 0.489 e. The maximum atomic E-state index is 13.4. The Kier molecular flexibility index (Phi) is 8.89. The van der Waals surface area contributed by atoms with Gasteiger partial charge in [-0.2, -0.15) is 5.26 Å². The molecule has 2 aliphatic heterocycles. The van der Waals surface area contributed by atoms with Crippen LogP contribution in [0.1, 0.15) is 42.1 Å². The highest BCUT2D eigenvalue weighted by Crippen LogP contribution is 2.29. The maximum Gasteiger partial charge on any atom is 0.257 e. The van der Waals surface area contributed by atoms with Crippen LogP contribution in [0.15, 0.2) is 18.2 Å². The number of methoxy groups -OCH3 is 2. The Balaban J connectivity index is 1.98. The van der Waals surface area contributed by atoms with Crippen LogP contribution in [0, 0.1) is 17.2 Å². The molecule has 1 saturated heterocycles. The molecule has 0 saturated carbocycles. The number of nitrogens with zero attached hydrogens (tertiary/aromatic N) is 3. The van der Waals surface area contributed by atoms with E-state index in [2.05, 4.69) is 6.07 Å². The van der Waals surface area contributed by atoms with Crippen LogP contribution in [0.25, 0.3) is 0 Å². The van der Waals surface area contributed by atoms with E-state index in [9.17, 15) is 14.9 Å². The number of para-hydroxylation sites is 1. The number of hydrogen-bond donors (Lipinski definition) is 0. The summed E-state index contributed by atoms with van der Waals surface area (Å²) in [5, 5.41) is 9.66. The fourth-order valence-electron chi connectivity index (χ4n) is 4.63. The van der Waals surface area contributed by atoms with Crippen LogP contribution in [-0.2, 0) is 19.0 Å². The number of benzene rings is 1. The molecule has 3 rings (SSSR count). The molecule has 0 spiro atoms. The van der Waals surface area contributed by atoms with Crippen LogP contribution < -0.4 is 4.74 Å². The van der Waals surface area contributed by atoms with Crippen molar-refractivity contribution in [1.29, 1.82) is 5.26 Å². The molecule has 0 unspecified atom stereocenters. The Morgan fingerprint density at radius 2 is 1.79 bits per heavy atom. The number of ether oxygens (including phenoxy) is 4. The van der Waals surface area contributed by atoms with Gasteiger partial charge in [-0.15, -0.1) is 0 Å². The molecule has 9 heteroatoms. The average Bonchev–Trinajstić information content (AvgIpc) is 2.86. The van der Waals surface area contributed by atoms with Crippen molar-refractivity contribution in [2.24, 2.45) is 5.92 Å². The lowest BCUT2D eigenvalue weighted by atomic mass is 9.98. The summed E-state index contributed by atoms with van der Waals surface area (Å²) in [6.45, 7) is 2.72. The van der Waals surface area contributed by atoms with Gasteiger partial charge in [0, 0.05) is 41.4 Å². The third-order valence-electron chi connectivity index (χ3n) is 6.83. The fourth-order valence-corrected chi connectivity index (χ4v) is 4.63. The van der Waals surface area contributed by atoms with Crippen LogP contribution in [0.2, 0.25) is 0 Å². The zero-order chi connectivity index (χ0) is 24.8. The zero-order valence-electron chi connectivity index (χ0n) is 20.7. The van der Waals surface area contributed by atoms with Crippen LogP contribution in [0.4, 0.5) is 0 Å². The standard InChI is InChI=1S/C25H35N3O6/c1-16-21(32-5)14-28(3)25(30)19-8-6-7-17(13-26)23(19)33-15-22-20(31-4)10-9-18(34-22)11-12-27(2)24(16)29/h6-8,16,18,20-22H,9-12,14-15H2,1-5H3/t16-,18-,20-,21+,22-/m1/s1. The first-order chi connectivity index (χ1) is 16.3. The van der Waals surface area contributed by atoms with Crippen molar-refractivity contribution >= 4 is 11.8 Å². The normalized spacial score (nSPS) is 29.2. The minimum absolute atomic E-state index is 0.0441. The highest BCUT2D eigenvalue weighted by atomic mass is 16.6. The Bertz CT molecular complexity index is 916. The Morgan fingerprint density at radius 3 is 2.47 bits per heavy atom. The van der Waals surface area contributed by atoms with E-state index in [0.29, 0.717) is 13.0 Å². The van der Waals surface area contributed by atoms with Gasteiger partial charge in [-0.25, -0.2) is 0 Å². The molecule has 1 aromatic carbocycles. The number of likely N-dealkylation sites (N-methyl/N-ethyl adjacent to an activating group) is 1. The van der Waals surface area contributed by atoms with Crippen molar-refractivity contribution in [3.8, 4) is 11.8 Å². The van der Waals surface area contributed by atoms with E-state index in [0.717, 1.165) is 12.8 Å². The quantitative estimate of drug-likeness (QED) is 0.648. The minimum Gasteiger partial charge on any atom is -0.489 e. The van der Waals surface area contributed by atoms with E-state index in [1.165, 1.54) is 12.0 Å². The molecule has 2 amide bonds. The van der Waals surface area contributed by atoms with Crippen LogP contribution >= 0.6 is 0 Å². The van der Waals surface area contributed by atoms with Gasteiger partial charge in [-0.05, 0) is 31.4 Å². The third kappa shape index (κ3) is 5.69. The van der Waals surface area contributed by atoms with Gasteiger partial charge in [-0.1, -0.05) is 13.0 Å². The lowest BCUT2D eigenvalue weighted by molar-refractivity contribution is -0.147. The first-order valence-corrected chi connectivity index (χ1v) is 11.7. The molecule has 2 aliphatic rings. The number of rotatable bonds is 2. The molecular formula is C25H35N3O6. The van der Waals surface area contributed by atoms with Crippen molar-refractivity contribution in [1.82, 2.24) is 9.80 Å². The van der Waals surface area contributed by atoms with Crippen molar-refractivity contribution < 1.29 is 28.5 Å². The second kappa shape index (κ2) is 11.6. The van der Waals surface area contributed by atoms with Gasteiger partial charge in [0.1, 0.15) is 24.5 Å². The van der Waals surface area contributed by atoms with Gasteiger partial charge in [0.2, 0.25) is 5.91 Å². The Hall–Kier alpha value is -2.67. The van der Waals surface area contributed by atoms with Crippen molar-refractivity contribution in [2.75, 3.05) is 48.0 Å². The van der Waals surface area contributed by atoms with Gasteiger partial charge in [-0.3, -0.25) is 9.59 Å². The summed E-state index contributed by atoms with van der Waals surface area (Å²) in [6, 6.07) is 7.04. The molecule has 5 atom stereocenters. The highest BCUT2D eigenvalue weighted by molar-refractivity contribution is 5.97. The summed E-state index contributed by atoms with van der Waals surface area (Å²) in [7, 11) is 6.61. The molecular weight excluding hydrogens is 438 g/mol. The van der Waals surface area contributed by atoms with Crippen LogP contribution in [0.3, 0.4) is 0 Å². The first-order valence-electron chi connectivity index (χ1n) is 11.7. The smallest absolute Gasteiger partial charge is 0.257 e. The summed E-state index contributed by atoms with van der Waals surface area (Å²) in [6.07, 6.45) is 1.25. The number of nitriles is 1. The predicted molar refractivity (Wildman–Crippen MR) is 125 cm³/mol. The highest BCUT2D eigenvalue weighted by Gasteiger charge is 2.34. The number of amides is 2. The molecule has 1 aromatic rings. The molecule has 0 radical (unpaired) electrons. The lowest BCUT2D eigenvalue weighted by Crippen LogP contribution is -2.47. The molecule has 186 valence electrons. The van der Waals surface area contributed by atoms with E-state index in [1.54, 1.807) is 44.3 Å². The molecule has 9 nitrogen and oxygen atoms in total. The third-order valence-corrected chi connectivity index (χ3v) is 6.83. The summed E-state index contributed by atoms with van der Waals surface area (Å²) < 4.78 is 23.6. The fraction of sp³-hybridized carbons (Fsp3) is 0.640. The van der Waals surface area contributed by atoms with E-state index in [4.69, 9.17) is 18.9 Å². The second-order valence-corrected chi connectivity index (χ2v) is 9.05. The monoisotopic (exact) mass is 473 g/mol.